The maximum absolute atomic E-state index is 13.3. The number of nitrogens with two attached hydrogens (primary N) is 2. The van der Waals surface area contributed by atoms with Crippen molar-refractivity contribution in [3.8, 4) is 0 Å². The molecule has 1 aromatic carbocycles. The van der Waals surface area contributed by atoms with Gasteiger partial charge < -0.3 is 36.3 Å². The third-order valence-electron chi connectivity index (χ3n) is 7.39. The highest BCUT2D eigenvalue weighted by Gasteiger charge is 2.34. The van der Waals surface area contributed by atoms with E-state index in [4.69, 9.17) is 25.7 Å². The standard InChI is InChI=1S/C33H58N4O6/c1-30(2,23-42-32(5,6)17-19-34)28(39)36-21-13-12-16-26(27(38)41-22-25-14-10-9-11-15-25)37-29(40)31(3,4)24-43-33(7,8)18-20-35/h9-11,14-15,26H,12-13,16-24,34-35H2,1-8H3,(H,36,39)(H,37,40)/t26-/m0/s1. The van der Waals surface area contributed by atoms with E-state index < -0.39 is 34.0 Å². The quantitative estimate of drug-likeness (QED) is 0.122. The van der Waals surface area contributed by atoms with E-state index >= 15 is 0 Å². The first kappa shape index (κ1) is 38.5. The van der Waals surface area contributed by atoms with Gasteiger partial charge >= 0.3 is 5.97 Å². The Morgan fingerprint density at radius 2 is 1.28 bits per heavy atom. The van der Waals surface area contributed by atoms with E-state index in [0.29, 0.717) is 51.7 Å². The lowest BCUT2D eigenvalue weighted by atomic mass is 9.92. The Labute approximate surface area is 259 Å². The lowest BCUT2D eigenvalue weighted by Gasteiger charge is -2.32. The molecule has 0 saturated heterocycles. The number of benzene rings is 1. The highest BCUT2D eigenvalue weighted by molar-refractivity contribution is 5.87. The lowest BCUT2D eigenvalue weighted by Crippen LogP contribution is -2.49. The summed E-state index contributed by atoms with van der Waals surface area (Å²) in [6.45, 7) is 17.0. The molecule has 1 aromatic rings. The molecule has 0 aliphatic rings. The number of hydrogen-bond acceptors (Lipinski definition) is 8. The molecule has 0 radical (unpaired) electrons. The number of carbonyl (C=O) groups excluding carboxylic acids is 3. The highest BCUT2D eigenvalue weighted by atomic mass is 16.5. The second-order valence-electron chi connectivity index (χ2n) is 13.8. The third-order valence-corrected chi connectivity index (χ3v) is 7.39. The fourth-order valence-electron chi connectivity index (χ4n) is 4.07. The zero-order valence-electron chi connectivity index (χ0n) is 27.8. The molecule has 0 saturated carbocycles. The smallest absolute Gasteiger partial charge is 0.328 e. The Kier molecular flexibility index (Phi) is 15.8. The van der Waals surface area contributed by atoms with E-state index in [-0.39, 0.29) is 31.6 Å². The number of amides is 2. The van der Waals surface area contributed by atoms with Gasteiger partial charge in [-0.3, -0.25) is 9.59 Å². The van der Waals surface area contributed by atoms with Gasteiger partial charge in [0.15, 0.2) is 0 Å². The number of rotatable bonds is 21. The van der Waals surface area contributed by atoms with Crippen molar-refractivity contribution < 1.29 is 28.6 Å². The van der Waals surface area contributed by atoms with Crippen LogP contribution in [0.2, 0.25) is 0 Å². The Morgan fingerprint density at radius 3 is 1.79 bits per heavy atom. The van der Waals surface area contributed by atoms with Crippen molar-refractivity contribution in [3.63, 3.8) is 0 Å². The molecule has 10 heteroatoms. The van der Waals surface area contributed by atoms with Crippen LogP contribution in [0.5, 0.6) is 0 Å². The van der Waals surface area contributed by atoms with Gasteiger partial charge in [0.2, 0.25) is 11.8 Å². The molecule has 1 rings (SSSR count). The molecule has 0 fully saturated rings. The molecule has 0 aliphatic carbocycles. The van der Waals surface area contributed by atoms with Gasteiger partial charge in [0, 0.05) is 6.54 Å². The first-order valence-corrected chi connectivity index (χ1v) is 15.4. The topological polar surface area (TPSA) is 155 Å². The zero-order valence-corrected chi connectivity index (χ0v) is 27.8. The van der Waals surface area contributed by atoms with Crippen LogP contribution in [0.25, 0.3) is 0 Å². The average molecular weight is 607 g/mol. The number of nitrogens with one attached hydrogen (secondary N) is 2. The van der Waals surface area contributed by atoms with E-state index in [1.165, 1.54) is 0 Å². The summed E-state index contributed by atoms with van der Waals surface area (Å²) in [4.78, 5) is 39.2. The monoisotopic (exact) mass is 606 g/mol. The second kappa shape index (κ2) is 17.7. The normalized spacial score (nSPS) is 13.3. The molecule has 0 aromatic heterocycles. The van der Waals surface area contributed by atoms with Crippen molar-refractivity contribution in [2.45, 2.75) is 111 Å². The van der Waals surface area contributed by atoms with Gasteiger partial charge in [-0.15, -0.1) is 0 Å². The fraction of sp³-hybridized carbons (Fsp3) is 0.727. The van der Waals surface area contributed by atoms with Crippen LogP contribution >= 0.6 is 0 Å². The van der Waals surface area contributed by atoms with Crippen molar-refractivity contribution >= 4 is 17.8 Å². The number of carbonyl (C=O) groups is 3. The Balaban J connectivity index is 2.74. The fourth-order valence-corrected chi connectivity index (χ4v) is 4.07. The summed E-state index contributed by atoms with van der Waals surface area (Å²) in [6, 6.07) is 8.55. The Hall–Kier alpha value is -2.53. The van der Waals surface area contributed by atoms with E-state index in [2.05, 4.69) is 10.6 Å². The van der Waals surface area contributed by atoms with Gasteiger partial charge in [0.25, 0.3) is 0 Å². The van der Waals surface area contributed by atoms with Crippen LogP contribution in [0.1, 0.15) is 93.1 Å². The van der Waals surface area contributed by atoms with E-state index in [9.17, 15) is 14.4 Å². The largest absolute Gasteiger partial charge is 0.459 e. The Bertz CT molecular complexity index is 994. The van der Waals surface area contributed by atoms with E-state index in [1.54, 1.807) is 13.8 Å². The van der Waals surface area contributed by atoms with Crippen LogP contribution in [-0.4, -0.2) is 67.9 Å². The molecule has 0 bridgehead atoms. The minimum absolute atomic E-state index is 0.109. The number of esters is 1. The second-order valence-corrected chi connectivity index (χ2v) is 13.8. The minimum Gasteiger partial charge on any atom is -0.459 e. The number of ether oxygens (including phenoxy) is 3. The molecular weight excluding hydrogens is 548 g/mol. The molecule has 0 heterocycles. The van der Waals surface area contributed by atoms with Crippen molar-refractivity contribution in [3.05, 3.63) is 35.9 Å². The van der Waals surface area contributed by atoms with E-state index in [1.807, 2.05) is 71.9 Å². The van der Waals surface area contributed by atoms with Crippen LogP contribution in [0, 0.1) is 10.8 Å². The molecule has 2 amide bonds. The lowest BCUT2D eigenvalue weighted by molar-refractivity contribution is -0.151. The molecule has 6 N–H and O–H groups in total. The van der Waals surface area contributed by atoms with Gasteiger partial charge in [-0.2, -0.15) is 0 Å². The van der Waals surface area contributed by atoms with Crippen LogP contribution in [0.4, 0.5) is 0 Å². The summed E-state index contributed by atoms with van der Waals surface area (Å²) in [5.41, 5.74) is 9.74. The minimum atomic E-state index is -0.885. The summed E-state index contributed by atoms with van der Waals surface area (Å²) >= 11 is 0. The molecule has 246 valence electrons. The van der Waals surface area contributed by atoms with Gasteiger partial charge in [0.1, 0.15) is 12.6 Å². The molecule has 0 spiro atoms. The number of hydrogen-bond donors (Lipinski definition) is 4. The summed E-state index contributed by atoms with van der Waals surface area (Å²) < 4.78 is 17.5. The molecular formula is C33H58N4O6. The predicted molar refractivity (Wildman–Crippen MR) is 170 cm³/mol. The maximum Gasteiger partial charge on any atom is 0.328 e. The van der Waals surface area contributed by atoms with Crippen LogP contribution < -0.4 is 22.1 Å². The molecule has 1 atom stereocenters. The van der Waals surface area contributed by atoms with Crippen molar-refractivity contribution in [1.82, 2.24) is 10.6 Å². The molecule has 0 unspecified atom stereocenters. The summed E-state index contributed by atoms with van der Waals surface area (Å²) in [6.07, 6.45) is 2.94. The summed E-state index contributed by atoms with van der Waals surface area (Å²) in [7, 11) is 0. The van der Waals surface area contributed by atoms with Crippen molar-refractivity contribution in [2.24, 2.45) is 22.3 Å². The first-order chi connectivity index (χ1) is 19.9. The van der Waals surface area contributed by atoms with E-state index in [0.717, 1.165) is 5.56 Å². The van der Waals surface area contributed by atoms with Gasteiger partial charge in [-0.1, -0.05) is 30.3 Å². The maximum atomic E-state index is 13.3. The van der Waals surface area contributed by atoms with Gasteiger partial charge in [-0.05, 0) is 106 Å². The van der Waals surface area contributed by atoms with Crippen LogP contribution in [0.15, 0.2) is 30.3 Å². The third kappa shape index (κ3) is 15.2. The van der Waals surface area contributed by atoms with Crippen molar-refractivity contribution in [1.29, 1.82) is 0 Å². The summed E-state index contributed by atoms with van der Waals surface area (Å²) in [5.74, 6) is -0.910. The zero-order chi connectivity index (χ0) is 32.7. The molecule has 43 heavy (non-hydrogen) atoms. The van der Waals surface area contributed by atoms with Gasteiger partial charge in [0.05, 0.1) is 35.2 Å². The first-order valence-electron chi connectivity index (χ1n) is 15.4. The van der Waals surface area contributed by atoms with Crippen LogP contribution in [-0.2, 0) is 35.2 Å². The molecule has 0 aliphatic heterocycles. The van der Waals surface area contributed by atoms with Gasteiger partial charge in [-0.25, -0.2) is 4.79 Å². The summed E-state index contributed by atoms with van der Waals surface area (Å²) in [5, 5.41) is 5.87. The SMILES string of the molecule is CC(C)(CCN)OCC(C)(C)C(=O)NCCCC[C@H](NC(=O)C(C)(C)COC(C)(C)CCN)C(=O)OCc1ccccc1. The molecule has 10 nitrogen and oxygen atoms in total. The highest BCUT2D eigenvalue weighted by Crippen LogP contribution is 2.24. The van der Waals surface area contributed by atoms with Crippen molar-refractivity contribution in [2.75, 3.05) is 32.8 Å². The number of unbranched alkanes of at least 4 members (excludes halogenated alkanes) is 1. The Morgan fingerprint density at radius 1 is 0.767 bits per heavy atom. The average Bonchev–Trinajstić information content (AvgIpc) is 2.93. The predicted octanol–water partition coefficient (Wildman–Crippen LogP) is 3.84. The van der Waals surface area contributed by atoms with Crippen LogP contribution in [0.3, 0.4) is 0 Å².